The zero-order valence-corrected chi connectivity index (χ0v) is 12.1. The van der Waals surface area contributed by atoms with E-state index in [1.165, 1.54) is 30.5 Å². The summed E-state index contributed by atoms with van der Waals surface area (Å²) >= 11 is 5.45. The van der Waals surface area contributed by atoms with E-state index in [1.807, 2.05) is 12.3 Å². The highest BCUT2D eigenvalue weighted by molar-refractivity contribution is 7.71. The van der Waals surface area contributed by atoms with Gasteiger partial charge in [-0.25, -0.2) is 0 Å². The Kier molecular flexibility index (Phi) is 3.56. The molecule has 1 aromatic carbocycles. The van der Waals surface area contributed by atoms with Crippen LogP contribution in [0.4, 0.5) is 0 Å². The van der Waals surface area contributed by atoms with Gasteiger partial charge in [-0.1, -0.05) is 50.1 Å². The van der Waals surface area contributed by atoms with Crippen LogP contribution < -0.4 is 0 Å². The molecule has 2 unspecified atom stereocenters. The third-order valence-electron chi connectivity index (χ3n) is 4.39. The minimum absolute atomic E-state index is 0.768. The fourth-order valence-electron chi connectivity index (χ4n) is 3.15. The molecule has 0 aliphatic heterocycles. The van der Waals surface area contributed by atoms with Crippen molar-refractivity contribution in [2.75, 3.05) is 0 Å². The Morgan fingerprint density at radius 1 is 1.26 bits per heavy atom. The molecule has 2 aromatic rings. The van der Waals surface area contributed by atoms with Crippen LogP contribution in [0, 0.1) is 16.6 Å². The van der Waals surface area contributed by atoms with Gasteiger partial charge in [0.1, 0.15) is 0 Å². The van der Waals surface area contributed by atoms with Crippen molar-refractivity contribution in [3.05, 3.63) is 41.3 Å². The van der Waals surface area contributed by atoms with Crippen LogP contribution in [0.3, 0.4) is 0 Å². The molecule has 1 saturated carbocycles. The molecule has 3 heteroatoms. The van der Waals surface area contributed by atoms with Crippen LogP contribution in [-0.2, 0) is 6.54 Å². The number of aromatic amines is 1. The van der Waals surface area contributed by atoms with Crippen molar-refractivity contribution >= 4 is 12.2 Å². The average molecular weight is 272 g/mol. The molecule has 1 fully saturated rings. The van der Waals surface area contributed by atoms with Crippen LogP contribution >= 0.6 is 12.2 Å². The predicted octanol–water partition coefficient (Wildman–Crippen LogP) is 4.65. The molecule has 1 N–H and O–H groups in total. The number of benzene rings is 1. The lowest BCUT2D eigenvalue weighted by Crippen LogP contribution is -2.14. The Balaban J connectivity index is 1.93. The van der Waals surface area contributed by atoms with Crippen molar-refractivity contribution in [1.29, 1.82) is 0 Å². The van der Waals surface area contributed by atoms with Gasteiger partial charge in [0.25, 0.3) is 0 Å². The van der Waals surface area contributed by atoms with E-state index in [0.29, 0.717) is 0 Å². The van der Waals surface area contributed by atoms with Gasteiger partial charge in [0.15, 0.2) is 4.77 Å². The average Bonchev–Trinajstić information content (AvgIpc) is 2.99. The summed E-state index contributed by atoms with van der Waals surface area (Å²) in [6, 6.07) is 10.5. The molecule has 2 nitrogen and oxygen atoms in total. The molecule has 0 amide bonds. The number of H-pyrrole nitrogens is 1. The van der Waals surface area contributed by atoms with E-state index in [0.717, 1.165) is 23.2 Å². The maximum absolute atomic E-state index is 5.45. The SMILES string of the molecule is CC1CCCC1Cn1c(-c2ccccc2)c[nH]c1=S. The maximum Gasteiger partial charge on any atom is 0.177 e. The van der Waals surface area contributed by atoms with Gasteiger partial charge < -0.3 is 9.55 Å². The first-order chi connectivity index (χ1) is 9.25. The molecule has 1 heterocycles. The van der Waals surface area contributed by atoms with Crippen molar-refractivity contribution in [1.82, 2.24) is 9.55 Å². The number of hydrogen-bond acceptors (Lipinski definition) is 1. The first-order valence-corrected chi connectivity index (χ1v) is 7.50. The number of rotatable bonds is 3. The zero-order valence-electron chi connectivity index (χ0n) is 11.3. The van der Waals surface area contributed by atoms with E-state index in [4.69, 9.17) is 12.2 Å². The summed E-state index contributed by atoms with van der Waals surface area (Å²) in [7, 11) is 0. The molecule has 100 valence electrons. The van der Waals surface area contributed by atoms with Crippen molar-refractivity contribution < 1.29 is 0 Å². The quantitative estimate of drug-likeness (QED) is 0.807. The molecule has 0 bridgehead atoms. The minimum atomic E-state index is 0.768. The van der Waals surface area contributed by atoms with Gasteiger partial charge >= 0.3 is 0 Å². The van der Waals surface area contributed by atoms with Crippen molar-refractivity contribution in [2.24, 2.45) is 11.8 Å². The normalized spacial score (nSPS) is 22.8. The van der Waals surface area contributed by atoms with E-state index in [9.17, 15) is 0 Å². The molecular formula is C16H20N2S. The Hall–Kier alpha value is -1.35. The van der Waals surface area contributed by atoms with Crippen LogP contribution in [0.5, 0.6) is 0 Å². The van der Waals surface area contributed by atoms with Crippen LogP contribution in [0.25, 0.3) is 11.3 Å². The molecule has 0 saturated heterocycles. The summed E-state index contributed by atoms with van der Waals surface area (Å²) in [5.74, 6) is 1.59. The molecule has 19 heavy (non-hydrogen) atoms. The Morgan fingerprint density at radius 3 is 2.74 bits per heavy atom. The van der Waals surface area contributed by atoms with Crippen molar-refractivity contribution in [3.63, 3.8) is 0 Å². The standard InChI is InChI=1S/C16H20N2S/c1-12-6-5-9-14(12)11-18-15(10-17-16(18)19)13-7-3-2-4-8-13/h2-4,7-8,10,12,14H,5-6,9,11H2,1H3,(H,17,19). The van der Waals surface area contributed by atoms with E-state index in [2.05, 4.69) is 40.7 Å². The van der Waals surface area contributed by atoms with E-state index < -0.39 is 0 Å². The first kappa shape index (κ1) is 12.7. The second kappa shape index (κ2) is 5.33. The van der Waals surface area contributed by atoms with Crippen LogP contribution in [0.1, 0.15) is 26.2 Å². The summed E-state index contributed by atoms with van der Waals surface area (Å²) < 4.78 is 3.12. The fourth-order valence-corrected chi connectivity index (χ4v) is 3.38. The highest BCUT2D eigenvalue weighted by Gasteiger charge is 2.24. The fraction of sp³-hybridized carbons (Fsp3) is 0.438. The van der Waals surface area contributed by atoms with Gasteiger partial charge in [-0.3, -0.25) is 0 Å². The van der Waals surface area contributed by atoms with Gasteiger partial charge in [-0.15, -0.1) is 0 Å². The monoisotopic (exact) mass is 272 g/mol. The number of nitrogens with one attached hydrogen (secondary N) is 1. The Morgan fingerprint density at radius 2 is 2.05 bits per heavy atom. The van der Waals surface area contributed by atoms with Gasteiger partial charge in [-0.2, -0.15) is 0 Å². The number of imidazole rings is 1. The molecule has 1 aliphatic rings. The van der Waals surface area contributed by atoms with E-state index in [1.54, 1.807) is 0 Å². The molecule has 3 rings (SSSR count). The molecule has 1 aromatic heterocycles. The highest BCUT2D eigenvalue weighted by atomic mass is 32.1. The highest BCUT2D eigenvalue weighted by Crippen LogP contribution is 2.33. The number of aromatic nitrogens is 2. The summed E-state index contributed by atoms with van der Waals surface area (Å²) in [6.45, 7) is 3.42. The zero-order chi connectivity index (χ0) is 13.2. The number of nitrogens with zero attached hydrogens (tertiary/aromatic N) is 1. The van der Waals surface area contributed by atoms with Crippen LogP contribution in [0.2, 0.25) is 0 Å². The maximum atomic E-state index is 5.45. The Bertz CT molecular complexity index is 597. The predicted molar refractivity (Wildman–Crippen MR) is 81.6 cm³/mol. The third kappa shape index (κ3) is 2.52. The molecular weight excluding hydrogens is 252 g/mol. The summed E-state index contributed by atoms with van der Waals surface area (Å²) in [5.41, 5.74) is 2.45. The minimum Gasteiger partial charge on any atom is -0.337 e. The number of hydrogen-bond donors (Lipinski definition) is 1. The van der Waals surface area contributed by atoms with Gasteiger partial charge in [0.05, 0.1) is 5.69 Å². The summed E-state index contributed by atoms with van der Waals surface area (Å²) in [4.78, 5) is 3.20. The lowest BCUT2D eigenvalue weighted by atomic mass is 9.98. The van der Waals surface area contributed by atoms with Gasteiger partial charge in [0, 0.05) is 12.7 Å². The lowest BCUT2D eigenvalue weighted by Gasteiger charge is -2.17. The Labute approximate surface area is 119 Å². The second-order valence-electron chi connectivity index (χ2n) is 5.62. The summed E-state index contributed by atoms with van der Waals surface area (Å²) in [6.07, 6.45) is 6.10. The topological polar surface area (TPSA) is 20.7 Å². The van der Waals surface area contributed by atoms with Crippen LogP contribution in [-0.4, -0.2) is 9.55 Å². The van der Waals surface area contributed by atoms with Gasteiger partial charge in [-0.05, 0) is 36.0 Å². The molecule has 0 spiro atoms. The van der Waals surface area contributed by atoms with E-state index in [-0.39, 0.29) is 0 Å². The summed E-state index contributed by atoms with van der Waals surface area (Å²) in [5, 5.41) is 0. The smallest absolute Gasteiger partial charge is 0.177 e. The van der Waals surface area contributed by atoms with E-state index >= 15 is 0 Å². The second-order valence-corrected chi connectivity index (χ2v) is 6.01. The molecule has 1 aliphatic carbocycles. The van der Waals surface area contributed by atoms with Crippen molar-refractivity contribution in [3.8, 4) is 11.3 Å². The van der Waals surface area contributed by atoms with Crippen LogP contribution in [0.15, 0.2) is 36.5 Å². The molecule has 0 radical (unpaired) electrons. The third-order valence-corrected chi connectivity index (χ3v) is 4.73. The lowest BCUT2D eigenvalue weighted by molar-refractivity contribution is 0.364. The first-order valence-electron chi connectivity index (χ1n) is 7.09. The molecule has 2 atom stereocenters. The van der Waals surface area contributed by atoms with Gasteiger partial charge in [0.2, 0.25) is 0 Å². The van der Waals surface area contributed by atoms with Crippen molar-refractivity contribution in [2.45, 2.75) is 32.7 Å². The largest absolute Gasteiger partial charge is 0.337 e.